The molecule has 0 radical (unpaired) electrons. The van der Waals surface area contributed by atoms with Crippen LogP contribution in [-0.2, 0) is 4.79 Å². The molecule has 15 heavy (non-hydrogen) atoms. The number of carbonyl (C=O) groups is 2. The standard InChI is InChI=1S/C11H20N2O2/c1-3-5-6-7-12-8-10(9-14)13(4-2)11(12)15/h9-10H,3-8H2,1-2H3/t10-/m0/s1. The summed E-state index contributed by atoms with van der Waals surface area (Å²) < 4.78 is 0. The smallest absolute Gasteiger partial charge is 0.320 e. The van der Waals surface area contributed by atoms with E-state index in [2.05, 4.69) is 6.92 Å². The molecule has 1 aliphatic rings. The fraction of sp³-hybridized carbons (Fsp3) is 0.818. The Morgan fingerprint density at radius 2 is 2.13 bits per heavy atom. The number of amides is 2. The molecule has 0 spiro atoms. The predicted octanol–water partition coefficient (Wildman–Crippen LogP) is 1.50. The maximum atomic E-state index is 11.8. The Balaban J connectivity index is 2.47. The van der Waals surface area contributed by atoms with Crippen LogP contribution in [0.2, 0.25) is 0 Å². The molecule has 0 saturated carbocycles. The Labute approximate surface area is 91.2 Å². The SMILES string of the molecule is CCCCCN1C[C@@H](C=O)N(CC)C1=O. The van der Waals surface area contributed by atoms with E-state index in [0.29, 0.717) is 13.1 Å². The van der Waals surface area contributed by atoms with Crippen LogP contribution < -0.4 is 0 Å². The second kappa shape index (κ2) is 5.73. The fourth-order valence-electron chi connectivity index (χ4n) is 1.95. The highest BCUT2D eigenvalue weighted by molar-refractivity contribution is 5.82. The zero-order chi connectivity index (χ0) is 11.3. The van der Waals surface area contributed by atoms with Crippen LogP contribution in [-0.4, -0.2) is 47.8 Å². The van der Waals surface area contributed by atoms with E-state index < -0.39 is 0 Å². The summed E-state index contributed by atoms with van der Waals surface area (Å²) in [4.78, 5) is 26.0. The van der Waals surface area contributed by atoms with E-state index in [0.717, 1.165) is 32.1 Å². The third kappa shape index (κ3) is 2.70. The van der Waals surface area contributed by atoms with Crippen molar-refractivity contribution < 1.29 is 9.59 Å². The molecule has 1 aliphatic heterocycles. The summed E-state index contributed by atoms with van der Waals surface area (Å²) in [7, 11) is 0. The van der Waals surface area contributed by atoms with E-state index in [9.17, 15) is 9.59 Å². The van der Waals surface area contributed by atoms with Gasteiger partial charge in [-0.2, -0.15) is 0 Å². The molecule has 0 N–H and O–H groups in total. The minimum Gasteiger partial charge on any atom is -0.322 e. The number of hydrogen-bond donors (Lipinski definition) is 0. The van der Waals surface area contributed by atoms with Gasteiger partial charge >= 0.3 is 6.03 Å². The van der Waals surface area contributed by atoms with Gasteiger partial charge in [-0.1, -0.05) is 19.8 Å². The first-order chi connectivity index (χ1) is 7.24. The lowest BCUT2D eigenvalue weighted by molar-refractivity contribution is -0.110. The van der Waals surface area contributed by atoms with Crippen molar-refractivity contribution in [2.24, 2.45) is 0 Å². The Morgan fingerprint density at radius 3 is 2.60 bits per heavy atom. The molecule has 1 saturated heterocycles. The van der Waals surface area contributed by atoms with Gasteiger partial charge in [-0.25, -0.2) is 4.79 Å². The van der Waals surface area contributed by atoms with Gasteiger partial charge in [-0.05, 0) is 13.3 Å². The second-order valence-electron chi connectivity index (χ2n) is 3.93. The average molecular weight is 212 g/mol. The van der Waals surface area contributed by atoms with Crippen LogP contribution in [0.5, 0.6) is 0 Å². The van der Waals surface area contributed by atoms with E-state index in [-0.39, 0.29) is 12.1 Å². The van der Waals surface area contributed by atoms with E-state index in [1.54, 1.807) is 9.80 Å². The number of hydrogen-bond acceptors (Lipinski definition) is 2. The van der Waals surface area contributed by atoms with Gasteiger partial charge < -0.3 is 14.6 Å². The zero-order valence-corrected chi connectivity index (χ0v) is 9.61. The molecule has 4 heteroatoms. The lowest BCUT2D eigenvalue weighted by Crippen LogP contribution is -2.35. The first-order valence-electron chi connectivity index (χ1n) is 5.75. The van der Waals surface area contributed by atoms with Crippen LogP contribution in [0.3, 0.4) is 0 Å². The van der Waals surface area contributed by atoms with Gasteiger partial charge in [0.15, 0.2) is 0 Å². The van der Waals surface area contributed by atoms with Crippen molar-refractivity contribution in [3.8, 4) is 0 Å². The normalized spacial score (nSPS) is 21.2. The van der Waals surface area contributed by atoms with Crippen molar-refractivity contribution >= 4 is 12.3 Å². The van der Waals surface area contributed by atoms with Crippen molar-refractivity contribution in [2.45, 2.75) is 39.2 Å². The highest BCUT2D eigenvalue weighted by Crippen LogP contribution is 2.15. The lowest BCUT2D eigenvalue weighted by Gasteiger charge is -2.17. The molecule has 0 aromatic carbocycles. The molecule has 4 nitrogen and oxygen atoms in total. The van der Waals surface area contributed by atoms with Gasteiger partial charge in [0, 0.05) is 19.6 Å². The minimum absolute atomic E-state index is 0.0192. The minimum atomic E-state index is -0.232. The quantitative estimate of drug-likeness (QED) is 0.494. The molecule has 1 heterocycles. The fourth-order valence-corrected chi connectivity index (χ4v) is 1.95. The van der Waals surface area contributed by atoms with Gasteiger partial charge in [0.05, 0.1) is 0 Å². The number of rotatable bonds is 6. The summed E-state index contributed by atoms with van der Waals surface area (Å²) in [6, 6.07) is -0.213. The first-order valence-corrected chi connectivity index (χ1v) is 5.75. The molecular formula is C11H20N2O2. The lowest BCUT2D eigenvalue weighted by atomic mass is 10.2. The van der Waals surface area contributed by atoms with Gasteiger partial charge in [0.2, 0.25) is 0 Å². The first kappa shape index (κ1) is 12.0. The third-order valence-corrected chi connectivity index (χ3v) is 2.85. The van der Waals surface area contributed by atoms with Crippen molar-refractivity contribution in [1.29, 1.82) is 0 Å². The van der Waals surface area contributed by atoms with Crippen molar-refractivity contribution in [2.75, 3.05) is 19.6 Å². The average Bonchev–Trinajstić information content (AvgIpc) is 2.55. The van der Waals surface area contributed by atoms with Gasteiger partial charge in [-0.3, -0.25) is 0 Å². The van der Waals surface area contributed by atoms with Gasteiger partial charge in [-0.15, -0.1) is 0 Å². The van der Waals surface area contributed by atoms with Crippen molar-refractivity contribution in [3.05, 3.63) is 0 Å². The van der Waals surface area contributed by atoms with Crippen LogP contribution in [0.4, 0.5) is 4.79 Å². The van der Waals surface area contributed by atoms with Gasteiger partial charge in [0.25, 0.3) is 0 Å². The monoisotopic (exact) mass is 212 g/mol. The summed E-state index contributed by atoms with van der Waals surface area (Å²) in [5.74, 6) is 0. The number of aldehydes is 1. The molecule has 0 aliphatic carbocycles. The number of carbonyl (C=O) groups excluding carboxylic acids is 2. The Hall–Kier alpha value is -1.06. The largest absolute Gasteiger partial charge is 0.322 e. The maximum absolute atomic E-state index is 11.8. The van der Waals surface area contributed by atoms with E-state index in [1.807, 2.05) is 6.92 Å². The molecule has 0 bridgehead atoms. The van der Waals surface area contributed by atoms with Crippen molar-refractivity contribution in [1.82, 2.24) is 9.80 Å². The van der Waals surface area contributed by atoms with Crippen LogP contribution >= 0.6 is 0 Å². The summed E-state index contributed by atoms with van der Waals surface area (Å²) in [5, 5.41) is 0. The Kier molecular flexibility index (Phi) is 4.59. The van der Waals surface area contributed by atoms with E-state index >= 15 is 0 Å². The summed E-state index contributed by atoms with van der Waals surface area (Å²) in [6.45, 7) is 6.02. The molecule has 1 atom stereocenters. The van der Waals surface area contributed by atoms with Crippen LogP contribution in [0.25, 0.3) is 0 Å². The highest BCUT2D eigenvalue weighted by atomic mass is 16.2. The van der Waals surface area contributed by atoms with Crippen molar-refractivity contribution in [3.63, 3.8) is 0 Å². The van der Waals surface area contributed by atoms with Crippen LogP contribution in [0.15, 0.2) is 0 Å². The van der Waals surface area contributed by atoms with Crippen LogP contribution in [0, 0.1) is 0 Å². The van der Waals surface area contributed by atoms with E-state index in [1.165, 1.54) is 0 Å². The molecule has 2 amide bonds. The molecule has 0 aromatic heterocycles. The molecule has 86 valence electrons. The number of urea groups is 1. The molecular weight excluding hydrogens is 192 g/mol. The van der Waals surface area contributed by atoms with Crippen LogP contribution in [0.1, 0.15) is 33.1 Å². The number of unbranched alkanes of at least 4 members (excludes halogenated alkanes) is 2. The third-order valence-electron chi connectivity index (χ3n) is 2.85. The summed E-state index contributed by atoms with van der Waals surface area (Å²) in [5.41, 5.74) is 0. The summed E-state index contributed by atoms with van der Waals surface area (Å²) >= 11 is 0. The molecule has 0 aromatic rings. The number of likely N-dealkylation sites (N-methyl/N-ethyl adjacent to an activating group) is 1. The predicted molar refractivity (Wildman–Crippen MR) is 58.7 cm³/mol. The summed E-state index contributed by atoms with van der Waals surface area (Å²) in [6.07, 6.45) is 4.20. The second-order valence-corrected chi connectivity index (χ2v) is 3.93. The van der Waals surface area contributed by atoms with E-state index in [4.69, 9.17) is 0 Å². The zero-order valence-electron chi connectivity index (χ0n) is 9.61. The Bertz CT molecular complexity index is 231. The molecule has 1 rings (SSSR count). The topological polar surface area (TPSA) is 40.6 Å². The number of nitrogens with zero attached hydrogens (tertiary/aromatic N) is 2. The molecule has 1 fully saturated rings. The maximum Gasteiger partial charge on any atom is 0.320 e. The highest BCUT2D eigenvalue weighted by Gasteiger charge is 2.35. The Morgan fingerprint density at radius 1 is 1.40 bits per heavy atom. The van der Waals surface area contributed by atoms with Gasteiger partial charge in [0.1, 0.15) is 12.3 Å². The molecule has 0 unspecified atom stereocenters.